The Hall–Kier alpha value is -1.02. The van der Waals surface area contributed by atoms with E-state index < -0.39 is 15.8 Å². The fourth-order valence-corrected chi connectivity index (χ4v) is 4.53. The lowest BCUT2D eigenvalue weighted by Crippen LogP contribution is -2.49. The maximum absolute atomic E-state index is 13.8. The van der Waals surface area contributed by atoms with Crippen molar-refractivity contribution in [2.24, 2.45) is 5.92 Å². The van der Waals surface area contributed by atoms with E-state index in [0.717, 1.165) is 26.2 Å². The number of benzene rings is 1. The van der Waals surface area contributed by atoms with Crippen LogP contribution in [-0.2, 0) is 14.8 Å². The van der Waals surface area contributed by atoms with Crippen molar-refractivity contribution >= 4 is 10.0 Å². The van der Waals surface area contributed by atoms with E-state index in [4.69, 9.17) is 4.74 Å². The lowest BCUT2D eigenvalue weighted by atomic mass is 10.1. The average Bonchev–Trinajstić information content (AvgIpc) is 3.01. The van der Waals surface area contributed by atoms with Crippen LogP contribution in [0.2, 0.25) is 0 Å². The SMILES string of the molecule is O=S(=O)(c1ccccc1F)N1CCN(C[C@H]2CCOC2)CC1. The van der Waals surface area contributed by atoms with Crippen molar-refractivity contribution in [1.82, 2.24) is 9.21 Å². The molecule has 2 heterocycles. The lowest BCUT2D eigenvalue weighted by Gasteiger charge is -2.35. The molecule has 2 aliphatic heterocycles. The zero-order valence-electron chi connectivity index (χ0n) is 12.4. The summed E-state index contributed by atoms with van der Waals surface area (Å²) in [5.74, 6) is -0.136. The highest BCUT2D eigenvalue weighted by Crippen LogP contribution is 2.21. The fraction of sp³-hybridized carbons (Fsp3) is 0.600. The Morgan fingerprint density at radius 3 is 2.55 bits per heavy atom. The van der Waals surface area contributed by atoms with E-state index in [1.165, 1.54) is 22.5 Å². The second kappa shape index (κ2) is 6.62. The molecule has 1 aromatic carbocycles. The van der Waals surface area contributed by atoms with Crippen LogP contribution >= 0.6 is 0 Å². The summed E-state index contributed by atoms with van der Waals surface area (Å²) in [7, 11) is -3.74. The lowest BCUT2D eigenvalue weighted by molar-refractivity contribution is 0.143. The van der Waals surface area contributed by atoms with Crippen LogP contribution in [-0.4, -0.2) is 63.6 Å². The van der Waals surface area contributed by atoms with Crippen molar-refractivity contribution in [2.75, 3.05) is 45.9 Å². The molecule has 1 aromatic rings. The second-order valence-corrected chi connectivity index (χ2v) is 7.77. The summed E-state index contributed by atoms with van der Waals surface area (Å²) in [6.45, 7) is 4.76. The van der Waals surface area contributed by atoms with Crippen LogP contribution in [0.15, 0.2) is 29.2 Å². The highest BCUT2D eigenvalue weighted by molar-refractivity contribution is 7.89. The molecular weight excluding hydrogens is 307 g/mol. The van der Waals surface area contributed by atoms with Gasteiger partial charge in [-0.2, -0.15) is 4.31 Å². The van der Waals surface area contributed by atoms with Gasteiger partial charge in [0.25, 0.3) is 0 Å². The molecule has 1 atom stereocenters. The van der Waals surface area contributed by atoms with Crippen molar-refractivity contribution in [3.05, 3.63) is 30.1 Å². The van der Waals surface area contributed by atoms with E-state index in [0.29, 0.717) is 32.1 Å². The van der Waals surface area contributed by atoms with Crippen LogP contribution in [0, 0.1) is 11.7 Å². The Kier molecular flexibility index (Phi) is 4.77. The molecule has 0 spiro atoms. The molecule has 7 heteroatoms. The van der Waals surface area contributed by atoms with Gasteiger partial charge in [-0.15, -0.1) is 0 Å². The van der Waals surface area contributed by atoms with Gasteiger partial charge in [-0.25, -0.2) is 12.8 Å². The summed E-state index contributed by atoms with van der Waals surface area (Å²) in [5.41, 5.74) is 0. The summed E-state index contributed by atoms with van der Waals surface area (Å²) in [6, 6.07) is 5.55. The van der Waals surface area contributed by atoms with E-state index in [2.05, 4.69) is 4.90 Å². The molecule has 0 unspecified atom stereocenters. The maximum Gasteiger partial charge on any atom is 0.246 e. The molecule has 3 rings (SSSR count). The quantitative estimate of drug-likeness (QED) is 0.832. The number of ether oxygens (including phenoxy) is 1. The summed E-state index contributed by atoms with van der Waals surface area (Å²) in [4.78, 5) is 2.04. The van der Waals surface area contributed by atoms with Gasteiger partial charge in [0.2, 0.25) is 10.0 Å². The van der Waals surface area contributed by atoms with Crippen molar-refractivity contribution in [3.63, 3.8) is 0 Å². The molecular formula is C15H21FN2O3S. The van der Waals surface area contributed by atoms with Crippen LogP contribution in [0.5, 0.6) is 0 Å². The van der Waals surface area contributed by atoms with Gasteiger partial charge in [-0.05, 0) is 24.5 Å². The number of nitrogens with zero attached hydrogens (tertiary/aromatic N) is 2. The van der Waals surface area contributed by atoms with Gasteiger partial charge in [0.15, 0.2) is 0 Å². The third kappa shape index (κ3) is 3.32. The molecule has 2 fully saturated rings. The predicted molar refractivity (Wildman–Crippen MR) is 80.5 cm³/mol. The van der Waals surface area contributed by atoms with Gasteiger partial charge in [0, 0.05) is 39.3 Å². The molecule has 0 bridgehead atoms. The normalized spacial score (nSPS) is 24.7. The van der Waals surface area contributed by atoms with E-state index in [-0.39, 0.29) is 4.90 Å². The minimum Gasteiger partial charge on any atom is -0.381 e. The molecule has 22 heavy (non-hydrogen) atoms. The topological polar surface area (TPSA) is 49.9 Å². The molecule has 122 valence electrons. The second-order valence-electron chi connectivity index (χ2n) is 5.86. The highest BCUT2D eigenvalue weighted by atomic mass is 32.2. The van der Waals surface area contributed by atoms with Gasteiger partial charge < -0.3 is 9.64 Å². The van der Waals surface area contributed by atoms with Gasteiger partial charge >= 0.3 is 0 Å². The molecule has 0 N–H and O–H groups in total. The Balaban J connectivity index is 1.62. The van der Waals surface area contributed by atoms with Crippen LogP contribution in [0.4, 0.5) is 4.39 Å². The number of piperazine rings is 1. The third-order valence-electron chi connectivity index (χ3n) is 4.33. The zero-order valence-corrected chi connectivity index (χ0v) is 13.3. The van der Waals surface area contributed by atoms with Gasteiger partial charge in [0.05, 0.1) is 6.61 Å². The summed E-state index contributed by atoms with van der Waals surface area (Å²) < 4.78 is 45.5. The van der Waals surface area contributed by atoms with Crippen LogP contribution in [0.3, 0.4) is 0 Å². The van der Waals surface area contributed by atoms with Crippen molar-refractivity contribution < 1.29 is 17.5 Å². The maximum atomic E-state index is 13.8. The first-order valence-electron chi connectivity index (χ1n) is 7.62. The van der Waals surface area contributed by atoms with Gasteiger partial charge in [-0.1, -0.05) is 12.1 Å². The van der Waals surface area contributed by atoms with Crippen molar-refractivity contribution in [1.29, 1.82) is 0 Å². The van der Waals surface area contributed by atoms with Gasteiger partial charge in [0.1, 0.15) is 10.7 Å². The first kappa shape index (κ1) is 15.9. The number of hydrogen-bond donors (Lipinski definition) is 0. The molecule has 0 saturated carbocycles. The third-order valence-corrected chi connectivity index (χ3v) is 6.26. The first-order chi connectivity index (χ1) is 10.6. The Morgan fingerprint density at radius 2 is 1.91 bits per heavy atom. The van der Waals surface area contributed by atoms with E-state index >= 15 is 0 Å². The molecule has 0 aliphatic carbocycles. The van der Waals surface area contributed by atoms with Gasteiger partial charge in [-0.3, -0.25) is 0 Å². The Morgan fingerprint density at radius 1 is 1.18 bits per heavy atom. The average molecular weight is 328 g/mol. The molecule has 2 saturated heterocycles. The monoisotopic (exact) mass is 328 g/mol. The molecule has 5 nitrogen and oxygen atoms in total. The first-order valence-corrected chi connectivity index (χ1v) is 9.06. The predicted octanol–water partition coefficient (Wildman–Crippen LogP) is 1.17. The summed E-state index contributed by atoms with van der Waals surface area (Å²) in [6.07, 6.45) is 1.08. The molecule has 2 aliphatic rings. The highest BCUT2D eigenvalue weighted by Gasteiger charge is 2.31. The summed E-state index contributed by atoms with van der Waals surface area (Å²) >= 11 is 0. The molecule has 0 radical (unpaired) electrons. The fourth-order valence-electron chi connectivity index (χ4n) is 3.04. The van der Waals surface area contributed by atoms with E-state index in [9.17, 15) is 12.8 Å². The van der Waals surface area contributed by atoms with Crippen LogP contribution in [0.25, 0.3) is 0 Å². The number of halogens is 1. The van der Waals surface area contributed by atoms with E-state index in [1.807, 2.05) is 0 Å². The number of hydrogen-bond acceptors (Lipinski definition) is 4. The summed E-state index contributed by atoms with van der Waals surface area (Å²) in [5, 5.41) is 0. The number of sulfonamides is 1. The minimum atomic E-state index is -3.74. The van der Waals surface area contributed by atoms with Crippen molar-refractivity contribution in [2.45, 2.75) is 11.3 Å². The van der Waals surface area contributed by atoms with E-state index in [1.54, 1.807) is 6.07 Å². The smallest absolute Gasteiger partial charge is 0.246 e. The Bertz CT molecular complexity index is 609. The standard InChI is InChI=1S/C15H21FN2O3S/c16-14-3-1-2-4-15(14)22(19,20)18-8-6-17(7-9-18)11-13-5-10-21-12-13/h1-4,13H,5-12H2/t13-/m1/s1. The molecule has 0 aromatic heterocycles. The van der Waals surface area contributed by atoms with Crippen molar-refractivity contribution in [3.8, 4) is 0 Å². The Labute approximate surface area is 130 Å². The van der Waals surface area contributed by atoms with Crippen LogP contribution in [0.1, 0.15) is 6.42 Å². The largest absolute Gasteiger partial charge is 0.381 e. The zero-order chi connectivity index (χ0) is 15.6. The number of rotatable bonds is 4. The minimum absolute atomic E-state index is 0.229. The molecule has 0 amide bonds. The van der Waals surface area contributed by atoms with Crippen LogP contribution < -0.4 is 0 Å².